The van der Waals surface area contributed by atoms with E-state index in [9.17, 15) is 4.79 Å². The number of carbonyl (C=O) groups excluding carboxylic acids is 1. The third-order valence-electron chi connectivity index (χ3n) is 0.534. The molecule has 0 aliphatic carbocycles. The van der Waals surface area contributed by atoms with Crippen molar-refractivity contribution in [1.29, 1.82) is 0 Å². The smallest absolute Gasteiger partial charge is 0.420 e. The van der Waals surface area contributed by atoms with Gasteiger partial charge in [-0.05, 0) is 13.8 Å². The van der Waals surface area contributed by atoms with E-state index < -0.39 is 17.0 Å². The molecular weight excluding hydrogens is 172 g/mol. The van der Waals surface area contributed by atoms with Gasteiger partial charge in [0.2, 0.25) is 0 Å². The zero-order valence-electron chi connectivity index (χ0n) is 5.77. The molecule has 2 atom stereocenters. The molecule has 5 heteroatoms. The van der Waals surface area contributed by atoms with Gasteiger partial charge in [0.05, 0.1) is 0 Å². The van der Waals surface area contributed by atoms with Gasteiger partial charge in [0.25, 0.3) is 0 Å². The number of rotatable bonds is 2. The normalized spacial score (nSPS) is 15.6. The molecule has 0 aromatic carbocycles. The number of ether oxygens (including phenoxy) is 2. The van der Waals surface area contributed by atoms with Gasteiger partial charge in [-0.1, -0.05) is 0 Å². The zero-order chi connectivity index (χ0) is 8.15. The van der Waals surface area contributed by atoms with Crippen molar-refractivity contribution in [1.82, 2.24) is 0 Å². The zero-order valence-corrected chi connectivity index (χ0v) is 7.56. The van der Waals surface area contributed by atoms with Crippen LogP contribution in [0.15, 0.2) is 0 Å². The molecule has 0 radical (unpaired) electrons. The Bertz CT molecular complexity index is 101. The fourth-order valence-corrected chi connectivity index (χ4v) is 0.478. The molecule has 0 fully saturated rings. The molecule has 0 N–H and O–H groups in total. The molecule has 3 nitrogen and oxygen atoms in total. The Morgan fingerprint density at radius 1 is 1.20 bits per heavy atom. The predicted octanol–water partition coefficient (Wildman–Crippen LogP) is 1.69. The minimum atomic E-state index is -0.745. The second-order valence-electron chi connectivity index (χ2n) is 1.68. The second kappa shape index (κ2) is 4.73. The minimum absolute atomic E-state index is 0.445. The van der Waals surface area contributed by atoms with Crippen LogP contribution in [0.25, 0.3) is 0 Å². The van der Waals surface area contributed by atoms with Crippen LogP contribution >= 0.6 is 25.3 Å². The Morgan fingerprint density at radius 2 is 1.50 bits per heavy atom. The molecule has 0 heterocycles. The standard InChI is InChI=1S/C5H10O3S2/c1-3(9)7-5(6)8-4(2)10/h3-4,9-10H,1-2H3. The Balaban J connectivity index is 3.44. The number of hydrogen-bond acceptors (Lipinski definition) is 5. The molecule has 2 unspecified atom stereocenters. The van der Waals surface area contributed by atoms with E-state index in [0.717, 1.165) is 0 Å². The van der Waals surface area contributed by atoms with Crippen LogP contribution < -0.4 is 0 Å². The minimum Gasteiger partial charge on any atom is -0.420 e. The quantitative estimate of drug-likeness (QED) is 0.387. The molecule has 0 saturated carbocycles. The number of carbonyl (C=O) groups is 1. The first-order valence-electron chi connectivity index (χ1n) is 2.75. The van der Waals surface area contributed by atoms with Crippen molar-refractivity contribution in [3.8, 4) is 0 Å². The fraction of sp³-hybridized carbons (Fsp3) is 0.800. The summed E-state index contributed by atoms with van der Waals surface area (Å²) in [6.45, 7) is 3.24. The van der Waals surface area contributed by atoms with Crippen LogP contribution in [0, 0.1) is 0 Å². The Hall–Kier alpha value is -0.0300. The van der Waals surface area contributed by atoms with Gasteiger partial charge >= 0.3 is 6.16 Å². The molecule has 0 bridgehead atoms. The lowest BCUT2D eigenvalue weighted by atomic mass is 10.8. The van der Waals surface area contributed by atoms with E-state index >= 15 is 0 Å². The van der Waals surface area contributed by atoms with Crippen molar-refractivity contribution in [3.05, 3.63) is 0 Å². The molecule has 0 spiro atoms. The van der Waals surface area contributed by atoms with Crippen LogP contribution in [0.2, 0.25) is 0 Å². The highest BCUT2D eigenvalue weighted by Gasteiger charge is 2.08. The van der Waals surface area contributed by atoms with Crippen molar-refractivity contribution in [3.63, 3.8) is 0 Å². The van der Waals surface area contributed by atoms with Crippen LogP contribution in [-0.4, -0.2) is 17.0 Å². The molecule has 10 heavy (non-hydrogen) atoms. The molecule has 0 saturated heterocycles. The van der Waals surface area contributed by atoms with Gasteiger partial charge in [-0.15, -0.1) is 25.3 Å². The summed E-state index contributed by atoms with van der Waals surface area (Å²) in [5, 5.41) is 0. The SMILES string of the molecule is CC(S)OC(=O)OC(C)S. The van der Waals surface area contributed by atoms with Crippen molar-refractivity contribution >= 4 is 31.4 Å². The maximum Gasteiger partial charge on any atom is 0.510 e. The highest BCUT2D eigenvalue weighted by atomic mass is 32.1. The van der Waals surface area contributed by atoms with Crippen molar-refractivity contribution in [2.75, 3.05) is 0 Å². The molecule has 60 valence electrons. The van der Waals surface area contributed by atoms with Gasteiger partial charge in [0.15, 0.2) is 0 Å². The van der Waals surface area contributed by atoms with Crippen LogP contribution in [0.3, 0.4) is 0 Å². The first-order valence-corrected chi connectivity index (χ1v) is 3.79. The highest BCUT2D eigenvalue weighted by Crippen LogP contribution is 2.02. The summed E-state index contributed by atoms with van der Waals surface area (Å²) in [4.78, 5) is 10.5. The van der Waals surface area contributed by atoms with Crippen LogP contribution in [0.4, 0.5) is 4.79 Å². The van der Waals surface area contributed by atoms with Gasteiger partial charge < -0.3 is 9.47 Å². The van der Waals surface area contributed by atoms with E-state index in [-0.39, 0.29) is 0 Å². The summed E-state index contributed by atoms with van der Waals surface area (Å²) >= 11 is 7.62. The topological polar surface area (TPSA) is 35.5 Å². The van der Waals surface area contributed by atoms with E-state index in [1.165, 1.54) is 0 Å². The summed E-state index contributed by atoms with van der Waals surface area (Å²) in [5.41, 5.74) is -0.890. The summed E-state index contributed by atoms with van der Waals surface area (Å²) in [6, 6.07) is 0. The summed E-state index contributed by atoms with van der Waals surface area (Å²) in [6.07, 6.45) is -0.745. The number of thiol groups is 2. The average molecular weight is 182 g/mol. The van der Waals surface area contributed by atoms with E-state index in [0.29, 0.717) is 0 Å². The van der Waals surface area contributed by atoms with Crippen LogP contribution in [0.1, 0.15) is 13.8 Å². The van der Waals surface area contributed by atoms with Crippen molar-refractivity contribution in [2.24, 2.45) is 0 Å². The van der Waals surface area contributed by atoms with Gasteiger partial charge in [-0.2, -0.15) is 0 Å². The first kappa shape index (κ1) is 9.97. The third-order valence-corrected chi connectivity index (χ3v) is 0.744. The average Bonchev–Trinajstić information content (AvgIpc) is 1.58. The van der Waals surface area contributed by atoms with E-state index in [2.05, 4.69) is 34.7 Å². The maximum absolute atomic E-state index is 10.5. The molecule has 0 aliphatic heterocycles. The Labute approximate surface area is 70.9 Å². The molecule has 0 aromatic rings. The largest absolute Gasteiger partial charge is 0.510 e. The summed E-state index contributed by atoms with van der Waals surface area (Å²) in [7, 11) is 0. The predicted molar refractivity (Wildman–Crippen MR) is 44.5 cm³/mol. The maximum atomic E-state index is 10.5. The highest BCUT2D eigenvalue weighted by molar-refractivity contribution is 7.80. The van der Waals surface area contributed by atoms with Crippen molar-refractivity contribution < 1.29 is 14.3 Å². The van der Waals surface area contributed by atoms with Crippen LogP contribution in [-0.2, 0) is 9.47 Å². The molecule has 0 rings (SSSR count). The van der Waals surface area contributed by atoms with E-state index in [4.69, 9.17) is 0 Å². The summed E-state index contributed by atoms with van der Waals surface area (Å²) in [5.74, 6) is 0. The van der Waals surface area contributed by atoms with Crippen molar-refractivity contribution in [2.45, 2.75) is 24.7 Å². The lowest BCUT2D eigenvalue weighted by Gasteiger charge is -2.09. The third kappa shape index (κ3) is 6.10. The lowest BCUT2D eigenvalue weighted by molar-refractivity contribution is 0.0485. The second-order valence-corrected chi connectivity index (χ2v) is 3.14. The van der Waals surface area contributed by atoms with Gasteiger partial charge in [0, 0.05) is 0 Å². The Morgan fingerprint density at radius 3 is 1.70 bits per heavy atom. The Kier molecular flexibility index (Phi) is 4.72. The van der Waals surface area contributed by atoms with Gasteiger partial charge in [-0.25, -0.2) is 4.79 Å². The summed E-state index contributed by atoms with van der Waals surface area (Å²) < 4.78 is 9.03. The van der Waals surface area contributed by atoms with Crippen LogP contribution in [0.5, 0.6) is 0 Å². The lowest BCUT2D eigenvalue weighted by Crippen LogP contribution is -2.14. The first-order chi connectivity index (χ1) is 4.52. The molecule has 0 amide bonds. The van der Waals surface area contributed by atoms with Gasteiger partial charge in [0.1, 0.15) is 10.9 Å². The van der Waals surface area contributed by atoms with E-state index in [1.807, 2.05) is 0 Å². The van der Waals surface area contributed by atoms with Gasteiger partial charge in [-0.3, -0.25) is 0 Å². The molecule has 0 aliphatic rings. The molecular formula is C5H10O3S2. The van der Waals surface area contributed by atoms with E-state index in [1.54, 1.807) is 13.8 Å². The number of hydrogen-bond donors (Lipinski definition) is 2. The monoisotopic (exact) mass is 182 g/mol. The fourth-order valence-electron chi connectivity index (χ4n) is 0.306. The molecule has 0 aromatic heterocycles.